The van der Waals surface area contributed by atoms with Gasteiger partial charge in [-0.05, 0) is 84.2 Å². The van der Waals surface area contributed by atoms with Gasteiger partial charge in [-0.1, -0.05) is 30.4 Å². The molecule has 2 aliphatic rings. The lowest BCUT2D eigenvalue weighted by molar-refractivity contribution is 0.0306. The summed E-state index contributed by atoms with van der Waals surface area (Å²) in [5, 5.41) is 9.57. The lowest BCUT2D eigenvalue weighted by Crippen LogP contribution is -2.38. The Labute approximate surface area is 220 Å². The fraction of sp³-hybridized carbons (Fsp3) is 0.500. The fourth-order valence-corrected chi connectivity index (χ4v) is 5.86. The summed E-state index contributed by atoms with van der Waals surface area (Å²) in [6.45, 7) is 11.4. The lowest BCUT2D eigenvalue weighted by Gasteiger charge is -2.32. The quantitative estimate of drug-likeness (QED) is 0.430. The summed E-state index contributed by atoms with van der Waals surface area (Å²) in [5.41, 5.74) is 2.64. The van der Waals surface area contributed by atoms with E-state index in [1.54, 1.807) is 38.2 Å². The number of rotatable bonds is 9. The number of hydrogen-bond acceptors (Lipinski definition) is 8. The van der Waals surface area contributed by atoms with Crippen molar-refractivity contribution in [3.63, 3.8) is 0 Å². The number of aryl methyl sites for hydroxylation is 1. The van der Waals surface area contributed by atoms with Gasteiger partial charge in [0.15, 0.2) is 9.84 Å². The van der Waals surface area contributed by atoms with Gasteiger partial charge in [-0.15, -0.1) is 0 Å². The minimum absolute atomic E-state index is 0.0712. The minimum Gasteiger partial charge on any atom is -0.369 e. The van der Waals surface area contributed by atoms with Crippen molar-refractivity contribution >= 4 is 27.3 Å². The van der Waals surface area contributed by atoms with E-state index in [4.69, 9.17) is 9.72 Å². The SMILES string of the molecule is Cc1cnc(NC2C=CC(C3CCNCC3)=CC2OC(C)C)nc1Nc1ccccc1S(=O)(=O)C(C)C. The van der Waals surface area contributed by atoms with Gasteiger partial charge in [0, 0.05) is 11.8 Å². The highest BCUT2D eigenvalue weighted by atomic mass is 32.2. The van der Waals surface area contributed by atoms with Crippen molar-refractivity contribution in [1.29, 1.82) is 0 Å². The molecule has 2 atom stereocenters. The Morgan fingerprint density at radius 1 is 1.11 bits per heavy atom. The van der Waals surface area contributed by atoms with Crippen LogP contribution in [0, 0.1) is 12.8 Å². The normalized spacial score (nSPS) is 20.8. The average Bonchev–Trinajstić information content (AvgIpc) is 2.87. The third kappa shape index (κ3) is 6.58. The van der Waals surface area contributed by atoms with Crippen LogP contribution < -0.4 is 16.0 Å². The zero-order valence-corrected chi connectivity index (χ0v) is 23.2. The largest absolute Gasteiger partial charge is 0.369 e. The summed E-state index contributed by atoms with van der Waals surface area (Å²) < 4.78 is 32.1. The van der Waals surface area contributed by atoms with Gasteiger partial charge >= 0.3 is 0 Å². The number of piperidine rings is 1. The van der Waals surface area contributed by atoms with Crippen molar-refractivity contribution in [2.24, 2.45) is 5.92 Å². The van der Waals surface area contributed by atoms with Gasteiger partial charge in [0.05, 0.1) is 28.0 Å². The van der Waals surface area contributed by atoms with Crippen molar-refractivity contribution in [3.8, 4) is 0 Å². The molecule has 200 valence electrons. The molecule has 2 aromatic rings. The third-order valence-corrected chi connectivity index (χ3v) is 8.99. The molecule has 1 fully saturated rings. The number of ether oxygens (including phenoxy) is 1. The first-order valence-electron chi connectivity index (χ1n) is 13.1. The van der Waals surface area contributed by atoms with Gasteiger partial charge in [-0.3, -0.25) is 0 Å². The van der Waals surface area contributed by atoms with Gasteiger partial charge in [-0.2, -0.15) is 4.98 Å². The first-order valence-corrected chi connectivity index (χ1v) is 14.7. The Bertz CT molecular complexity index is 1250. The average molecular weight is 526 g/mol. The maximum Gasteiger partial charge on any atom is 0.225 e. The van der Waals surface area contributed by atoms with E-state index in [-0.39, 0.29) is 23.1 Å². The second kappa shape index (κ2) is 11.8. The van der Waals surface area contributed by atoms with Crippen molar-refractivity contribution in [2.75, 3.05) is 23.7 Å². The maximum atomic E-state index is 12.9. The van der Waals surface area contributed by atoms with Crippen molar-refractivity contribution in [1.82, 2.24) is 15.3 Å². The molecule has 4 rings (SSSR count). The molecule has 0 bridgehead atoms. The Balaban J connectivity index is 1.56. The topological polar surface area (TPSA) is 105 Å². The molecule has 3 N–H and O–H groups in total. The summed E-state index contributed by atoms with van der Waals surface area (Å²) in [7, 11) is -3.46. The smallest absolute Gasteiger partial charge is 0.225 e. The minimum atomic E-state index is -3.46. The molecule has 9 heteroatoms. The number of benzene rings is 1. The van der Waals surface area contributed by atoms with E-state index in [0.29, 0.717) is 23.4 Å². The molecule has 2 unspecified atom stereocenters. The van der Waals surface area contributed by atoms with Gasteiger partial charge in [-0.25, -0.2) is 13.4 Å². The van der Waals surface area contributed by atoms with Crippen LogP contribution in [0.4, 0.5) is 17.5 Å². The first-order chi connectivity index (χ1) is 17.6. The summed E-state index contributed by atoms with van der Waals surface area (Å²) in [4.78, 5) is 9.46. The first kappa shape index (κ1) is 27.3. The predicted octanol–water partition coefficient (Wildman–Crippen LogP) is 4.78. The van der Waals surface area contributed by atoms with Crippen LogP contribution >= 0.6 is 0 Å². The van der Waals surface area contributed by atoms with E-state index in [0.717, 1.165) is 31.5 Å². The van der Waals surface area contributed by atoms with Gasteiger partial charge in [0.2, 0.25) is 5.95 Å². The van der Waals surface area contributed by atoms with E-state index in [2.05, 4.69) is 39.2 Å². The van der Waals surface area contributed by atoms with Crippen molar-refractivity contribution < 1.29 is 13.2 Å². The number of nitrogens with one attached hydrogen (secondary N) is 3. The summed E-state index contributed by atoms with van der Waals surface area (Å²) in [5.74, 6) is 1.55. The summed E-state index contributed by atoms with van der Waals surface area (Å²) in [6.07, 6.45) is 10.5. The molecule has 2 heterocycles. The highest BCUT2D eigenvalue weighted by Gasteiger charge is 2.27. The molecule has 1 aliphatic carbocycles. The van der Waals surface area contributed by atoms with Crippen LogP contribution in [0.5, 0.6) is 0 Å². The number of allylic oxidation sites excluding steroid dienone is 2. The molecule has 0 amide bonds. The fourth-order valence-electron chi connectivity index (χ4n) is 4.66. The number of nitrogens with zero attached hydrogens (tertiary/aromatic N) is 2. The molecule has 37 heavy (non-hydrogen) atoms. The van der Waals surface area contributed by atoms with Gasteiger partial charge in [0.1, 0.15) is 11.9 Å². The molecule has 1 aromatic carbocycles. The second-order valence-electron chi connectivity index (χ2n) is 10.3. The molecule has 0 spiro atoms. The van der Waals surface area contributed by atoms with Gasteiger partial charge < -0.3 is 20.7 Å². The van der Waals surface area contributed by atoms with Crippen LogP contribution in [-0.4, -0.2) is 55.0 Å². The number of sulfone groups is 1. The number of hydrogen-bond donors (Lipinski definition) is 3. The van der Waals surface area contributed by atoms with Crippen molar-refractivity contribution in [2.45, 2.75) is 75.9 Å². The van der Waals surface area contributed by atoms with Crippen LogP contribution in [-0.2, 0) is 14.6 Å². The molecule has 0 saturated carbocycles. The number of aromatic nitrogens is 2. The van der Waals surface area contributed by atoms with Crippen LogP contribution in [0.15, 0.2) is 59.2 Å². The van der Waals surface area contributed by atoms with E-state index in [9.17, 15) is 8.42 Å². The highest BCUT2D eigenvalue weighted by molar-refractivity contribution is 7.92. The third-order valence-electron chi connectivity index (χ3n) is 6.78. The zero-order valence-electron chi connectivity index (χ0n) is 22.4. The van der Waals surface area contributed by atoms with Crippen LogP contribution in [0.3, 0.4) is 0 Å². The standard InChI is InChI=1S/C28H39N5O3S/c1-18(2)36-25-16-22(21-12-14-29-15-13-21)10-11-23(25)32-28-30-17-20(5)27(33-28)31-24-8-6-7-9-26(24)37(34,35)19(3)4/h6-11,16-19,21,23,25,29H,12-15H2,1-5H3,(H2,30,31,32,33). The van der Waals surface area contributed by atoms with Crippen LogP contribution in [0.1, 0.15) is 46.1 Å². The molecule has 1 aromatic heterocycles. The van der Waals surface area contributed by atoms with E-state index < -0.39 is 15.1 Å². The molecular formula is C28H39N5O3S. The Kier molecular flexibility index (Phi) is 8.67. The zero-order chi connectivity index (χ0) is 26.6. The maximum absolute atomic E-state index is 12.9. The predicted molar refractivity (Wildman–Crippen MR) is 149 cm³/mol. The lowest BCUT2D eigenvalue weighted by atomic mass is 9.85. The number of para-hydroxylation sites is 1. The summed E-state index contributed by atoms with van der Waals surface area (Å²) in [6, 6.07) is 6.80. The Morgan fingerprint density at radius 2 is 1.84 bits per heavy atom. The van der Waals surface area contributed by atoms with Crippen molar-refractivity contribution in [3.05, 3.63) is 59.8 Å². The molecular weight excluding hydrogens is 486 g/mol. The van der Waals surface area contributed by atoms with E-state index >= 15 is 0 Å². The number of anilines is 3. The van der Waals surface area contributed by atoms with Gasteiger partial charge in [0.25, 0.3) is 0 Å². The molecule has 8 nitrogen and oxygen atoms in total. The Hall–Kier alpha value is -2.75. The molecule has 0 radical (unpaired) electrons. The molecule has 1 aliphatic heterocycles. The van der Waals surface area contributed by atoms with Crippen LogP contribution in [0.2, 0.25) is 0 Å². The molecule has 1 saturated heterocycles. The van der Waals surface area contributed by atoms with E-state index in [1.807, 2.05) is 26.8 Å². The van der Waals surface area contributed by atoms with E-state index in [1.165, 1.54) is 5.57 Å². The van der Waals surface area contributed by atoms with Crippen LogP contribution in [0.25, 0.3) is 0 Å². The second-order valence-corrected chi connectivity index (χ2v) is 12.8. The highest BCUT2D eigenvalue weighted by Crippen LogP contribution is 2.30. The Morgan fingerprint density at radius 3 is 2.54 bits per heavy atom. The monoisotopic (exact) mass is 525 g/mol. The summed E-state index contributed by atoms with van der Waals surface area (Å²) >= 11 is 0.